The molecule has 16 heavy (non-hydrogen) atoms. The Morgan fingerprint density at radius 3 is 2.88 bits per heavy atom. The first kappa shape index (κ1) is 11.0. The van der Waals surface area contributed by atoms with Crippen molar-refractivity contribution >= 4 is 34.0 Å². The minimum absolute atomic E-state index is 0.250. The summed E-state index contributed by atoms with van der Waals surface area (Å²) in [6.45, 7) is 1.81. The van der Waals surface area contributed by atoms with E-state index in [1.54, 1.807) is 18.2 Å². The molecule has 82 valence electrons. The molecule has 0 atom stereocenters. The van der Waals surface area contributed by atoms with E-state index < -0.39 is 0 Å². The Morgan fingerprint density at radius 1 is 1.44 bits per heavy atom. The van der Waals surface area contributed by atoms with Crippen molar-refractivity contribution in [1.29, 1.82) is 0 Å². The average Bonchev–Trinajstić information content (AvgIpc) is 2.64. The van der Waals surface area contributed by atoms with Gasteiger partial charge in [-0.2, -0.15) is 0 Å². The standard InChI is InChI=1S/C9H7ClN4OS/c1-5-13-14-9(16-5)12-8(15)6-3-2-4-7(10)11-6/h2-4H,1H3,(H,12,14,15). The summed E-state index contributed by atoms with van der Waals surface area (Å²) in [5.74, 6) is -0.348. The summed E-state index contributed by atoms with van der Waals surface area (Å²) in [5.41, 5.74) is 0.250. The van der Waals surface area contributed by atoms with E-state index in [1.165, 1.54) is 11.3 Å². The van der Waals surface area contributed by atoms with Crippen LogP contribution in [-0.2, 0) is 0 Å². The number of carbonyl (C=O) groups is 1. The van der Waals surface area contributed by atoms with E-state index in [4.69, 9.17) is 11.6 Å². The number of rotatable bonds is 2. The minimum Gasteiger partial charge on any atom is -0.295 e. The lowest BCUT2D eigenvalue weighted by Crippen LogP contribution is -2.13. The molecule has 0 saturated carbocycles. The molecule has 0 unspecified atom stereocenters. The fourth-order valence-corrected chi connectivity index (χ4v) is 1.79. The number of anilines is 1. The van der Waals surface area contributed by atoms with E-state index >= 15 is 0 Å². The number of hydrogen-bond donors (Lipinski definition) is 1. The molecule has 5 nitrogen and oxygen atoms in total. The third-order valence-corrected chi connectivity index (χ3v) is 2.66. The summed E-state index contributed by atoms with van der Waals surface area (Å²) in [6.07, 6.45) is 0. The Balaban J connectivity index is 2.14. The molecule has 1 N–H and O–H groups in total. The zero-order valence-electron chi connectivity index (χ0n) is 8.27. The molecule has 1 amide bonds. The van der Waals surface area contributed by atoms with E-state index in [0.29, 0.717) is 5.13 Å². The van der Waals surface area contributed by atoms with Gasteiger partial charge in [-0.25, -0.2) is 4.98 Å². The largest absolute Gasteiger partial charge is 0.295 e. The molecule has 0 aromatic carbocycles. The number of halogens is 1. The minimum atomic E-state index is -0.348. The van der Waals surface area contributed by atoms with Gasteiger partial charge in [0.25, 0.3) is 5.91 Å². The molecule has 0 aliphatic heterocycles. The summed E-state index contributed by atoms with van der Waals surface area (Å²) in [5, 5.41) is 11.7. The third kappa shape index (κ3) is 2.53. The van der Waals surface area contributed by atoms with Crippen LogP contribution in [0.25, 0.3) is 0 Å². The van der Waals surface area contributed by atoms with Gasteiger partial charge in [-0.1, -0.05) is 29.0 Å². The van der Waals surface area contributed by atoms with Crippen LogP contribution in [0.1, 0.15) is 15.5 Å². The lowest BCUT2D eigenvalue weighted by Gasteiger charge is -1.99. The lowest BCUT2D eigenvalue weighted by atomic mass is 10.3. The Hall–Kier alpha value is -1.53. The van der Waals surface area contributed by atoms with E-state index in [1.807, 2.05) is 6.92 Å². The van der Waals surface area contributed by atoms with Gasteiger partial charge in [-0.15, -0.1) is 10.2 Å². The smallest absolute Gasteiger partial charge is 0.276 e. The van der Waals surface area contributed by atoms with Crippen LogP contribution in [0, 0.1) is 6.92 Å². The van der Waals surface area contributed by atoms with Gasteiger partial charge in [0.05, 0.1) is 0 Å². The highest BCUT2D eigenvalue weighted by Crippen LogP contribution is 2.14. The Bertz CT molecular complexity index is 528. The number of amides is 1. The SMILES string of the molecule is Cc1nnc(NC(=O)c2cccc(Cl)n2)s1. The van der Waals surface area contributed by atoms with Crippen molar-refractivity contribution in [3.63, 3.8) is 0 Å². The third-order valence-electron chi connectivity index (χ3n) is 1.69. The van der Waals surface area contributed by atoms with Crippen molar-refractivity contribution < 1.29 is 4.79 Å². The van der Waals surface area contributed by atoms with E-state index in [-0.39, 0.29) is 16.8 Å². The predicted octanol–water partition coefficient (Wildman–Crippen LogP) is 2.15. The quantitative estimate of drug-likeness (QED) is 0.834. The second-order valence-electron chi connectivity index (χ2n) is 2.93. The average molecular weight is 255 g/mol. The van der Waals surface area contributed by atoms with Gasteiger partial charge in [-0.3, -0.25) is 10.1 Å². The molecular weight excluding hydrogens is 248 g/mol. The van der Waals surface area contributed by atoms with E-state index in [0.717, 1.165) is 5.01 Å². The molecular formula is C9H7ClN4OS. The maximum Gasteiger partial charge on any atom is 0.276 e. The molecule has 0 aliphatic carbocycles. The Morgan fingerprint density at radius 2 is 2.25 bits per heavy atom. The molecule has 2 rings (SSSR count). The van der Waals surface area contributed by atoms with Gasteiger partial charge < -0.3 is 0 Å². The number of nitrogens with one attached hydrogen (secondary N) is 1. The zero-order chi connectivity index (χ0) is 11.5. The molecule has 0 bridgehead atoms. The Labute approximate surface area is 101 Å². The van der Waals surface area contributed by atoms with Crippen LogP contribution in [0.4, 0.5) is 5.13 Å². The molecule has 7 heteroatoms. The molecule has 0 aliphatic rings. The molecule has 0 fully saturated rings. The molecule has 0 radical (unpaired) electrons. The fourth-order valence-electron chi connectivity index (χ4n) is 1.04. The van der Waals surface area contributed by atoms with Crippen LogP contribution in [0.2, 0.25) is 5.15 Å². The Kier molecular flexibility index (Phi) is 3.12. The second kappa shape index (κ2) is 4.54. The van der Waals surface area contributed by atoms with Crippen molar-refractivity contribution in [1.82, 2.24) is 15.2 Å². The molecule has 2 heterocycles. The topological polar surface area (TPSA) is 67.8 Å². The van der Waals surface area contributed by atoms with Crippen LogP contribution < -0.4 is 5.32 Å². The summed E-state index contributed by atoms with van der Waals surface area (Å²) in [7, 11) is 0. The number of nitrogens with zero attached hydrogens (tertiary/aromatic N) is 3. The first-order chi connectivity index (χ1) is 7.65. The van der Waals surface area contributed by atoms with Crippen LogP contribution in [-0.4, -0.2) is 21.1 Å². The van der Waals surface area contributed by atoms with Crippen molar-refractivity contribution in [2.45, 2.75) is 6.92 Å². The molecule has 2 aromatic heterocycles. The van der Waals surface area contributed by atoms with Crippen molar-refractivity contribution in [2.75, 3.05) is 5.32 Å². The van der Waals surface area contributed by atoms with Crippen LogP contribution in [0.5, 0.6) is 0 Å². The zero-order valence-corrected chi connectivity index (χ0v) is 9.84. The lowest BCUT2D eigenvalue weighted by molar-refractivity contribution is 0.102. The first-order valence-corrected chi connectivity index (χ1v) is 5.58. The van der Waals surface area contributed by atoms with E-state index in [2.05, 4.69) is 20.5 Å². The predicted molar refractivity (Wildman–Crippen MR) is 61.8 cm³/mol. The summed E-state index contributed by atoms with van der Waals surface area (Å²) in [4.78, 5) is 15.6. The highest BCUT2D eigenvalue weighted by atomic mass is 35.5. The molecule has 0 saturated heterocycles. The normalized spacial score (nSPS) is 10.1. The van der Waals surface area contributed by atoms with Gasteiger partial charge in [0, 0.05) is 0 Å². The second-order valence-corrected chi connectivity index (χ2v) is 4.49. The highest BCUT2D eigenvalue weighted by molar-refractivity contribution is 7.15. The highest BCUT2D eigenvalue weighted by Gasteiger charge is 2.10. The molecule has 0 spiro atoms. The maximum atomic E-state index is 11.7. The monoisotopic (exact) mass is 254 g/mol. The van der Waals surface area contributed by atoms with Crippen LogP contribution in [0.15, 0.2) is 18.2 Å². The van der Waals surface area contributed by atoms with Gasteiger partial charge >= 0.3 is 0 Å². The van der Waals surface area contributed by atoms with Crippen molar-refractivity contribution in [2.24, 2.45) is 0 Å². The van der Waals surface area contributed by atoms with Gasteiger partial charge in [-0.05, 0) is 19.1 Å². The fraction of sp³-hybridized carbons (Fsp3) is 0.111. The first-order valence-electron chi connectivity index (χ1n) is 4.39. The number of aryl methyl sites for hydroxylation is 1. The number of pyridine rings is 1. The van der Waals surface area contributed by atoms with Crippen molar-refractivity contribution in [3.8, 4) is 0 Å². The number of aromatic nitrogens is 3. The maximum absolute atomic E-state index is 11.7. The number of carbonyl (C=O) groups excluding carboxylic acids is 1. The van der Waals surface area contributed by atoms with Crippen LogP contribution in [0.3, 0.4) is 0 Å². The summed E-state index contributed by atoms with van der Waals surface area (Å²) >= 11 is 6.98. The van der Waals surface area contributed by atoms with Gasteiger partial charge in [0.15, 0.2) is 0 Å². The van der Waals surface area contributed by atoms with E-state index in [9.17, 15) is 4.79 Å². The summed E-state index contributed by atoms with van der Waals surface area (Å²) in [6, 6.07) is 4.85. The number of hydrogen-bond acceptors (Lipinski definition) is 5. The van der Waals surface area contributed by atoms with Gasteiger partial charge in [0.2, 0.25) is 5.13 Å². The van der Waals surface area contributed by atoms with Crippen molar-refractivity contribution in [3.05, 3.63) is 34.1 Å². The molecule has 2 aromatic rings. The van der Waals surface area contributed by atoms with Gasteiger partial charge in [0.1, 0.15) is 15.9 Å². The van der Waals surface area contributed by atoms with Crippen LogP contribution >= 0.6 is 22.9 Å². The summed E-state index contributed by atoms with van der Waals surface area (Å²) < 4.78 is 0.